The summed E-state index contributed by atoms with van der Waals surface area (Å²) in [5.74, 6) is 2.15. The number of fused-ring (bicyclic) bond motifs is 1. The first-order valence-corrected chi connectivity index (χ1v) is 5.19. The van der Waals surface area contributed by atoms with Crippen LogP contribution in [0, 0.1) is 13.8 Å². The lowest BCUT2D eigenvalue weighted by atomic mass is 10.5. The molecule has 0 aliphatic carbocycles. The molecule has 3 aromatic heterocycles. The summed E-state index contributed by atoms with van der Waals surface area (Å²) in [5.41, 5.74) is 2.27. The molecule has 17 heavy (non-hydrogen) atoms. The quantitative estimate of drug-likeness (QED) is 0.618. The second-order valence-electron chi connectivity index (χ2n) is 3.81. The van der Waals surface area contributed by atoms with E-state index in [4.69, 9.17) is 0 Å². The van der Waals surface area contributed by atoms with Crippen molar-refractivity contribution < 1.29 is 0 Å². The van der Waals surface area contributed by atoms with E-state index in [2.05, 4.69) is 35.5 Å². The summed E-state index contributed by atoms with van der Waals surface area (Å²) in [7, 11) is 0. The van der Waals surface area contributed by atoms with E-state index in [-0.39, 0.29) is 0 Å². The summed E-state index contributed by atoms with van der Waals surface area (Å²) in [6, 6.07) is 1.89. The molecule has 86 valence electrons. The molecule has 0 radical (unpaired) electrons. The minimum atomic E-state index is 0.617. The van der Waals surface area contributed by atoms with Crippen LogP contribution in [0.1, 0.15) is 11.5 Å². The minimum Gasteiger partial charge on any atom is -0.325 e. The molecule has 0 amide bonds. The van der Waals surface area contributed by atoms with Crippen molar-refractivity contribution in [3.63, 3.8) is 0 Å². The third kappa shape index (κ3) is 1.82. The maximum absolute atomic E-state index is 4.36. The average Bonchev–Trinajstić information content (AvgIpc) is 2.83. The number of hydrogen-bond acceptors (Lipinski definition) is 5. The molecule has 3 N–H and O–H groups in total. The van der Waals surface area contributed by atoms with Gasteiger partial charge >= 0.3 is 0 Å². The average molecular weight is 229 g/mol. The first-order chi connectivity index (χ1) is 8.20. The molecule has 0 bridgehead atoms. The van der Waals surface area contributed by atoms with E-state index in [1.165, 1.54) is 0 Å². The van der Waals surface area contributed by atoms with E-state index < -0.39 is 0 Å². The molecular formula is C10H11N7. The SMILES string of the molecule is Cc1cc(Nc2cnc3nc(C)[nH]c3n2)n[nH]1. The van der Waals surface area contributed by atoms with Crippen LogP contribution in [0.25, 0.3) is 11.3 Å². The first kappa shape index (κ1) is 9.76. The second-order valence-corrected chi connectivity index (χ2v) is 3.81. The Morgan fingerprint density at radius 1 is 1.18 bits per heavy atom. The van der Waals surface area contributed by atoms with Gasteiger partial charge in [-0.1, -0.05) is 0 Å². The highest BCUT2D eigenvalue weighted by atomic mass is 15.2. The number of nitrogens with zero attached hydrogens (tertiary/aromatic N) is 4. The van der Waals surface area contributed by atoms with Gasteiger partial charge in [0.25, 0.3) is 0 Å². The van der Waals surface area contributed by atoms with Crippen molar-refractivity contribution >= 4 is 22.9 Å². The molecule has 3 aromatic rings. The van der Waals surface area contributed by atoms with Crippen molar-refractivity contribution in [1.29, 1.82) is 0 Å². The van der Waals surface area contributed by atoms with E-state index in [1.807, 2.05) is 19.9 Å². The molecular weight excluding hydrogens is 218 g/mol. The van der Waals surface area contributed by atoms with Gasteiger partial charge in [-0.25, -0.2) is 15.0 Å². The van der Waals surface area contributed by atoms with Gasteiger partial charge in [0, 0.05) is 11.8 Å². The molecule has 0 spiro atoms. The Morgan fingerprint density at radius 2 is 2.06 bits per heavy atom. The Balaban J connectivity index is 1.95. The summed E-state index contributed by atoms with van der Waals surface area (Å²) in [4.78, 5) is 15.8. The van der Waals surface area contributed by atoms with Gasteiger partial charge in [-0.05, 0) is 13.8 Å². The molecule has 3 rings (SSSR count). The first-order valence-electron chi connectivity index (χ1n) is 5.19. The van der Waals surface area contributed by atoms with E-state index in [9.17, 15) is 0 Å². The molecule has 7 nitrogen and oxygen atoms in total. The van der Waals surface area contributed by atoms with Crippen molar-refractivity contribution in [2.75, 3.05) is 5.32 Å². The highest BCUT2D eigenvalue weighted by Crippen LogP contribution is 2.14. The Hall–Kier alpha value is -2.44. The summed E-state index contributed by atoms with van der Waals surface area (Å²) >= 11 is 0. The number of aromatic nitrogens is 6. The van der Waals surface area contributed by atoms with Crippen LogP contribution in [0.2, 0.25) is 0 Å². The maximum Gasteiger partial charge on any atom is 0.197 e. The van der Waals surface area contributed by atoms with Gasteiger partial charge in [0.15, 0.2) is 22.9 Å². The standard InChI is InChI=1S/C10H11N7/c1-5-3-7(17-16-5)14-8-4-11-9-10(15-8)13-6(2)12-9/h3-4H,1-2H3,(H3,11,12,13,14,15,16,17). The zero-order chi connectivity index (χ0) is 11.8. The molecule has 0 saturated heterocycles. The molecule has 0 aromatic carbocycles. The lowest BCUT2D eigenvalue weighted by molar-refractivity contribution is 1.05. The Kier molecular flexibility index (Phi) is 2.04. The van der Waals surface area contributed by atoms with E-state index in [0.29, 0.717) is 22.9 Å². The monoisotopic (exact) mass is 229 g/mol. The molecule has 0 saturated carbocycles. The van der Waals surface area contributed by atoms with Gasteiger partial charge < -0.3 is 10.3 Å². The van der Waals surface area contributed by atoms with Crippen LogP contribution in [-0.2, 0) is 0 Å². The molecule has 0 unspecified atom stereocenters. The fraction of sp³-hybridized carbons (Fsp3) is 0.200. The van der Waals surface area contributed by atoms with Crippen molar-refractivity contribution in [2.24, 2.45) is 0 Å². The molecule has 0 fully saturated rings. The number of aryl methyl sites for hydroxylation is 2. The van der Waals surface area contributed by atoms with Crippen LogP contribution < -0.4 is 5.32 Å². The summed E-state index contributed by atoms with van der Waals surface area (Å²) < 4.78 is 0. The lowest BCUT2D eigenvalue weighted by Crippen LogP contribution is -1.95. The Labute approximate surface area is 96.7 Å². The molecule has 0 atom stereocenters. The number of aromatic amines is 2. The number of H-pyrrole nitrogens is 2. The van der Waals surface area contributed by atoms with Gasteiger partial charge in [0.2, 0.25) is 0 Å². The highest BCUT2D eigenvalue weighted by molar-refractivity contribution is 5.68. The number of hydrogen-bond donors (Lipinski definition) is 3. The second kappa shape index (κ2) is 3.55. The fourth-order valence-corrected chi connectivity index (χ4v) is 1.58. The highest BCUT2D eigenvalue weighted by Gasteiger charge is 2.05. The van der Waals surface area contributed by atoms with Gasteiger partial charge in [0.05, 0.1) is 6.20 Å². The zero-order valence-electron chi connectivity index (χ0n) is 9.44. The van der Waals surface area contributed by atoms with Crippen molar-refractivity contribution in [3.05, 3.63) is 23.8 Å². The van der Waals surface area contributed by atoms with Crippen LogP contribution in [0.3, 0.4) is 0 Å². The smallest absolute Gasteiger partial charge is 0.197 e. The topological polar surface area (TPSA) is 95.2 Å². The number of imidazole rings is 1. The normalized spacial score (nSPS) is 10.9. The predicted octanol–water partition coefficient (Wildman–Crippen LogP) is 1.44. The molecule has 3 heterocycles. The van der Waals surface area contributed by atoms with Crippen molar-refractivity contribution in [1.82, 2.24) is 30.1 Å². The van der Waals surface area contributed by atoms with Crippen molar-refractivity contribution in [3.8, 4) is 0 Å². The molecule has 0 aliphatic rings. The van der Waals surface area contributed by atoms with Gasteiger partial charge in [-0.15, -0.1) is 0 Å². The summed E-state index contributed by atoms with van der Waals surface area (Å²) in [6.45, 7) is 3.80. The summed E-state index contributed by atoms with van der Waals surface area (Å²) in [6.07, 6.45) is 1.63. The fourth-order valence-electron chi connectivity index (χ4n) is 1.58. The molecule has 7 heteroatoms. The van der Waals surface area contributed by atoms with E-state index in [1.54, 1.807) is 6.20 Å². The largest absolute Gasteiger partial charge is 0.325 e. The van der Waals surface area contributed by atoms with Crippen molar-refractivity contribution in [2.45, 2.75) is 13.8 Å². The van der Waals surface area contributed by atoms with E-state index in [0.717, 1.165) is 11.5 Å². The zero-order valence-corrected chi connectivity index (χ0v) is 9.44. The number of anilines is 2. The van der Waals surface area contributed by atoms with Crippen LogP contribution in [0.5, 0.6) is 0 Å². The summed E-state index contributed by atoms with van der Waals surface area (Å²) in [5, 5.41) is 9.98. The van der Waals surface area contributed by atoms with Crippen LogP contribution in [0.15, 0.2) is 12.3 Å². The predicted molar refractivity (Wildman–Crippen MR) is 63.0 cm³/mol. The Morgan fingerprint density at radius 3 is 2.82 bits per heavy atom. The minimum absolute atomic E-state index is 0.617. The van der Waals surface area contributed by atoms with Crippen LogP contribution in [0.4, 0.5) is 11.6 Å². The lowest BCUT2D eigenvalue weighted by Gasteiger charge is -1.99. The third-order valence-corrected chi connectivity index (χ3v) is 2.29. The van der Waals surface area contributed by atoms with Crippen LogP contribution >= 0.6 is 0 Å². The third-order valence-electron chi connectivity index (χ3n) is 2.29. The Bertz CT molecular complexity index is 666. The maximum atomic E-state index is 4.36. The van der Waals surface area contributed by atoms with Gasteiger partial charge in [0.1, 0.15) is 5.82 Å². The molecule has 0 aliphatic heterocycles. The number of nitrogens with one attached hydrogen (secondary N) is 3. The van der Waals surface area contributed by atoms with E-state index >= 15 is 0 Å². The van der Waals surface area contributed by atoms with Gasteiger partial charge in [-0.2, -0.15) is 5.10 Å². The van der Waals surface area contributed by atoms with Crippen LogP contribution in [-0.4, -0.2) is 30.1 Å². The van der Waals surface area contributed by atoms with Gasteiger partial charge in [-0.3, -0.25) is 5.10 Å². The number of rotatable bonds is 2.